The van der Waals surface area contributed by atoms with Gasteiger partial charge < -0.3 is 24.1 Å². The third-order valence-electron chi connectivity index (χ3n) is 6.07. The van der Waals surface area contributed by atoms with Gasteiger partial charge >= 0.3 is 0 Å². The molecule has 0 bridgehead atoms. The van der Waals surface area contributed by atoms with Crippen molar-refractivity contribution in [3.05, 3.63) is 89.5 Å². The number of hydrogen-bond acceptors (Lipinski definition) is 5. The third-order valence-corrected chi connectivity index (χ3v) is 8.24. The molecule has 7 heteroatoms. The summed E-state index contributed by atoms with van der Waals surface area (Å²) < 4.78 is 23.2. The predicted octanol–water partition coefficient (Wildman–Crippen LogP) is 5.26. The van der Waals surface area contributed by atoms with Crippen molar-refractivity contribution < 1.29 is 23.2 Å². The number of nitrogens with two attached hydrogens (primary N) is 1. The quantitative estimate of drug-likeness (QED) is 0.273. The molecule has 35 heavy (non-hydrogen) atoms. The second-order valence-corrected chi connectivity index (χ2v) is 11.7. The van der Waals surface area contributed by atoms with Gasteiger partial charge in [-0.3, -0.25) is 4.79 Å². The molecule has 188 valence electrons. The van der Waals surface area contributed by atoms with Gasteiger partial charge in [-0.2, -0.15) is 0 Å². The lowest BCUT2D eigenvalue weighted by atomic mass is 9.80. The monoisotopic (exact) mass is 497 g/mol. The van der Waals surface area contributed by atoms with E-state index in [2.05, 4.69) is 36.8 Å². The number of methoxy groups -OCH3 is 3. The lowest BCUT2D eigenvalue weighted by Crippen LogP contribution is -2.31. The molecular formula is C28H35NO5S. The number of carbonyl (C=O) groups excluding carboxylic acids is 1. The summed E-state index contributed by atoms with van der Waals surface area (Å²) in [6.07, 6.45) is 5.14. The standard InChI is InChI=1S/C28H35NO5S/c1-31-24-14-8-21(9-15-24)28(33-3,22-10-16-25(32-2)17-11-22)23-12-18-26(19-13-23)35(4,5)34-20-6-7-27(29)30/h8-19H,6-7,20H2,1-5H3,(H2,29,30). The summed E-state index contributed by atoms with van der Waals surface area (Å²) in [6, 6.07) is 24.2. The summed E-state index contributed by atoms with van der Waals surface area (Å²) in [7, 11) is 3.53. The highest BCUT2D eigenvalue weighted by molar-refractivity contribution is 8.28. The first-order valence-electron chi connectivity index (χ1n) is 11.4. The lowest BCUT2D eigenvalue weighted by Gasteiger charge is -2.36. The van der Waals surface area contributed by atoms with Gasteiger partial charge in [0.2, 0.25) is 5.91 Å². The smallest absolute Gasteiger partial charge is 0.217 e. The van der Waals surface area contributed by atoms with Crippen LogP contribution in [0.25, 0.3) is 0 Å². The average molecular weight is 498 g/mol. The molecule has 0 unspecified atom stereocenters. The van der Waals surface area contributed by atoms with Gasteiger partial charge in [-0.25, -0.2) is 0 Å². The van der Waals surface area contributed by atoms with Crippen molar-refractivity contribution >= 4 is 16.2 Å². The number of hydrogen-bond donors (Lipinski definition) is 1. The van der Waals surface area contributed by atoms with Crippen LogP contribution in [0.2, 0.25) is 0 Å². The molecule has 0 aliphatic rings. The first-order chi connectivity index (χ1) is 16.8. The van der Waals surface area contributed by atoms with E-state index in [1.807, 2.05) is 48.5 Å². The Bertz CT molecular complexity index is 1050. The summed E-state index contributed by atoms with van der Waals surface area (Å²) in [5.41, 5.74) is 7.35. The molecule has 0 saturated heterocycles. The average Bonchev–Trinajstić information content (AvgIpc) is 2.88. The van der Waals surface area contributed by atoms with Crippen LogP contribution in [0.15, 0.2) is 77.7 Å². The Hall–Kier alpha value is -3.00. The lowest BCUT2D eigenvalue weighted by molar-refractivity contribution is -0.118. The van der Waals surface area contributed by atoms with E-state index in [4.69, 9.17) is 24.1 Å². The van der Waals surface area contributed by atoms with Crippen LogP contribution >= 0.6 is 10.3 Å². The maximum absolute atomic E-state index is 11.0. The molecule has 0 aliphatic heterocycles. The number of benzene rings is 3. The fourth-order valence-electron chi connectivity index (χ4n) is 4.10. The van der Waals surface area contributed by atoms with E-state index in [0.717, 1.165) is 33.1 Å². The third kappa shape index (κ3) is 5.99. The highest BCUT2D eigenvalue weighted by atomic mass is 32.3. The van der Waals surface area contributed by atoms with Crippen molar-refractivity contribution in [1.29, 1.82) is 0 Å². The summed E-state index contributed by atoms with van der Waals surface area (Å²) >= 11 is 0. The van der Waals surface area contributed by atoms with Crippen LogP contribution in [-0.2, 0) is 19.3 Å². The Morgan fingerprint density at radius 2 is 1.20 bits per heavy atom. The maximum Gasteiger partial charge on any atom is 0.217 e. The van der Waals surface area contributed by atoms with Gasteiger partial charge in [-0.05, 0) is 72.0 Å². The van der Waals surface area contributed by atoms with Gasteiger partial charge in [0.15, 0.2) is 0 Å². The highest BCUT2D eigenvalue weighted by Crippen LogP contribution is 2.51. The van der Waals surface area contributed by atoms with Crippen LogP contribution < -0.4 is 15.2 Å². The number of primary amides is 1. The Balaban J connectivity index is 2.00. The Labute approximate surface area is 209 Å². The topological polar surface area (TPSA) is 80.0 Å². The number of ether oxygens (including phenoxy) is 3. The summed E-state index contributed by atoms with van der Waals surface area (Å²) in [5, 5.41) is 0. The SMILES string of the molecule is COc1ccc(C(OC)(c2ccc(OC)cc2)c2ccc(S(C)(C)OCCCC(N)=O)cc2)cc1. The molecule has 3 rings (SSSR count). The van der Waals surface area contributed by atoms with Crippen molar-refractivity contribution in [2.24, 2.45) is 5.73 Å². The van der Waals surface area contributed by atoms with Gasteiger partial charge in [0.1, 0.15) is 17.1 Å². The summed E-state index contributed by atoms with van der Waals surface area (Å²) in [4.78, 5) is 12.1. The van der Waals surface area contributed by atoms with Gasteiger partial charge in [0, 0.05) is 18.4 Å². The molecule has 3 aromatic carbocycles. The Kier molecular flexibility index (Phi) is 8.83. The molecule has 6 nitrogen and oxygen atoms in total. The van der Waals surface area contributed by atoms with Gasteiger partial charge in [0.05, 0.1) is 20.8 Å². The molecule has 0 atom stereocenters. The zero-order valence-electron chi connectivity index (χ0n) is 21.1. The molecule has 0 aliphatic carbocycles. The summed E-state index contributed by atoms with van der Waals surface area (Å²) in [5.74, 6) is 1.25. The summed E-state index contributed by atoms with van der Waals surface area (Å²) in [6.45, 7) is 0.493. The molecule has 2 N–H and O–H groups in total. The van der Waals surface area contributed by atoms with Crippen molar-refractivity contribution in [2.45, 2.75) is 23.3 Å². The van der Waals surface area contributed by atoms with Crippen LogP contribution in [0.1, 0.15) is 29.5 Å². The van der Waals surface area contributed by atoms with Gasteiger partial charge in [0.25, 0.3) is 0 Å². The highest BCUT2D eigenvalue weighted by Gasteiger charge is 2.37. The van der Waals surface area contributed by atoms with Crippen molar-refractivity contribution in [1.82, 2.24) is 0 Å². The zero-order chi connectivity index (χ0) is 25.5. The van der Waals surface area contributed by atoms with Crippen molar-refractivity contribution in [2.75, 3.05) is 40.4 Å². The molecule has 3 aromatic rings. The molecule has 0 fully saturated rings. The van der Waals surface area contributed by atoms with Crippen LogP contribution in [0.3, 0.4) is 0 Å². The van der Waals surface area contributed by atoms with E-state index in [1.165, 1.54) is 0 Å². The van der Waals surface area contributed by atoms with E-state index in [-0.39, 0.29) is 5.91 Å². The minimum atomic E-state index is -1.50. The van der Waals surface area contributed by atoms with Crippen LogP contribution in [0.5, 0.6) is 11.5 Å². The predicted molar refractivity (Wildman–Crippen MR) is 141 cm³/mol. The Morgan fingerprint density at radius 3 is 1.57 bits per heavy atom. The second kappa shape index (κ2) is 11.6. The van der Waals surface area contributed by atoms with Crippen LogP contribution in [0, 0.1) is 0 Å². The van der Waals surface area contributed by atoms with Crippen molar-refractivity contribution in [3.63, 3.8) is 0 Å². The van der Waals surface area contributed by atoms with E-state index in [1.54, 1.807) is 21.3 Å². The largest absolute Gasteiger partial charge is 0.497 e. The van der Waals surface area contributed by atoms with Crippen molar-refractivity contribution in [3.8, 4) is 11.5 Å². The minimum Gasteiger partial charge on any atom is -0.497 e. The van der Waals surface area contributed by atoms with Gasteiger partial charge in [-0.1, -0.05) is 36.4 Å². The first kappa shape index (κ1) is 26.6. The maximum atomic E-state index is 11.0. The number of rotatable bonds is 12. The fourth-order valence-corrected chi connectivity index (χ4v) is 5.57. The number of carbonyl (C=O) groups is 1. The van der Waals surface area contributed by atoms with Crippen LogP contribution in [0.4, 0.5) is 0 Å². The molecule has 0 aromatic heterocycles. The molecule has 0 saturated carbocycles. The number of amides is 1. The molecule has 0 radical (unpaired) electrons. The van der Waals surface area contributed by atoms with E-state index in [0.29, 0.717) is 19.4 Å². The van der Waals surface area contributed by atoms with E-state index >= 15 is 0 Å². The molecule has 0 heterocycles. The minimum absolute atomic E-state index is 0.307. The Morgan fingerprint density at radius 1 is 0.771 bits per heavy atom. The fraction of sp³-hybridized carbons (Fsp3) is 0.321. The van der Waals surface area contributed by atoms with Crippen LogP contribution in [-0.4, -0.2) is 46.4 Å². The molecule has 0 spiro atoms. The van der Waals surface area contributed by atoms with Gasteiger partial charge in [-0.15, -0.1) is 10.3 Å². The first-order valence-corrected chi connectivity index (χ1v) is 13.7. The molecular weight excluding hydrogens is 462 g/mol. The molecule has 1 amide bonds. The van der Waals surface area contributed by atoms with E-state index in [9.17, 15) is 4.79 Å². The zero-order valence-corrected chi connectivity index (χ0v) is 21.9. The second-order valence-electron chi connectivity index (χ2n) is 8.49. The normalized spacial score (nSPS) is 12.3. The van der Waals surface area contributed by atoms with E-state index < -0.39 is 15.9 Å².